The molecule has 3 aliphatic carbocycles. The van der Waals surface area contributed by atoms with Crippen LogP contribution in [0.15, 0.2) is 121 Å². The second kappa shape index (κ2) is 13.8. The highest BCUT2D eigenvalue weighted by Gasteiger charge is 2.47. The first-order valence-electron chi connectivity index (χ1n) is 22.8. The highest BCUT2D eigenvalue weighted by Crippen LogP contribution is 2.51. The van der Waals surface area contributed by atoms with Crippen molar-refractivity contribution >= 4 is 45.9 Å². The Hall–Kier alpha value is -5.02. The molecule has 6 aromatic carbocycles. The van der Waals surface area contributed by atoms with Crippen LogP contribution in [0.2, 0.25) is 0 Å². The second-order valence-corrected chi connectivity index (χ2v) is 20.6. The van der Waals surface area contributed by atoms with E-state index in [0.717, 1.165) is 38.5 Å². The summed E-state index contributed by atoms with van der Waals surface area (Å²) in [6.07, 6.45) is 10.5. The minimum atomic E-state index is 0.0329. The lowest BCUT2D eigenvalue weighted by molar-refractivity contribution is 0.552. The molecule has 0 saturated heterocycles. The van der Waals surface area contributed by atoms with E-state index in [4.69, 9.17) is 0 Å². The van der Waals surface area contributed by atoms with Gasteiger partial charge in [0.2, 0.25) is 0 Å². The molecule has 0 radical (unpaired) electrons. The molecule has 59 heavy (non-hydrogen) atoms. The van der Waals surface area contributed by atoms with Gasteiger partial charge in [-0.2, -0.15) is 0 Å². The monoisotopic (exact) mass is 770 g/mol. The molecule has 11 rings (SSSR count). The van der Waals surface area contributed by atoms with Gasteiger partial charge in [-0.15, -0.1) is 0 Å². The van der Waals surface area contributed by atoms with Crippen molar-refractivity contribution in [1.82, 2.24) is 0 Å². The zero-order chi connectivity index (χ0) is 40.2. The van der Waals surface area contributed by atoms with Gasteiger partial charge in [-0.1, -0.05) is 139 Å². The summed E-state index contributed by atoms with van der Waals surface area (Å²) in [5.41, 5.74) is 23.7. The highest BCUT2D eigenvalue weighted by molar-refractivity contribution is 7.00. The van der Waals surface area contributed by atoms with E-state index in [1.165, 1.54) is 108 Å². The third-order valence-electron chi connectivity index (χ3n) is 15.0. The predicted molar refractivity (Wildman–Crippen MR) is 251 cm³/mol. The van der Waals surface area contributed by atoms with Crippen LogP contribution in [-0.4, -0.2) is 6.71 Å². The molecule has 5 aliphatic rings. The number of benzene rings is 6. The molecule has 0 bridgehead atoms. The molecule has 0 aromatic heterocycles. The predicted octanol–water partition coefficient (Wildman–Crippen LogP) is 12.1. The molecule has 0 spiro atoms. The maximum absolute atomic E-state index is 2.87. The van der Waals surface area contributed by atoms with Gasteiger partial charge in [0, 0.05) is 22.7 Å². The van der Waals surface area contributed by atoms with Crippen LogP contribution in [0.1, 0.15) is 142 Å². The van der Waals surface area contributed by atoms with Crippen LogP contribution in [0.4, 0.5) is 22.7 Å². The summed E-state index contributed by atoms with van der Waals surface area (Å²) < 4.78 is 0. The number of rotatable bonds is 3. The average molecular weight is 771 g/mol. The van der Waals surface area contributed by atoms with Gasteiger partial charge in [0.15, 0.2) is 0 Å². The lowest BCUT2D eigenvalue weighted by Gasteiger charge is -2.50. The summed E-state index contributed by atoms with van der Waals surface area (Å²) in [6, 6.07) is 49.2. The van der Waals surface area contributed by atoms with E-state index in [1.54, 1.807) is 0 Å². The average Bonchev–Trinajstić information content (AvgIpc) is 3.24. The van der Waals surface area contributed by atoms with Gasteiger partial charge in [0.1, 0.15) is 0 Å². The van der Waals surface area contributed by atoms with E-state index in [2.05, 4.69) is 173 Å². The zero-order valence-corrected chi connectivity index (χ0v) is 36.1. The number of hydrogen-bond donors (Lipinski definition) is 0. The number of fused-ring (bicyclic) bond motifs is 7. The van der Waals surface area contributed by atoms with E-state index in [0.29, 0.717) is 5.92 Å². The summed E-state index contributed by atoms with van der Waals surface area (Å²) in [6.45, 7) is 14.4. The van der Waals surface area contributed by atoms with Gasteiger partial charge < -0.3 is 9.80 Å². The Kier molecular flexibility index (Phi) is 8.64. The molecular weight excluding hydrogens is 711 g/mol. The van der Waals surface area contributed by atoms with Crippen LogP contribution in [0.5, 0.6) is 0 Å². The number of anilines is 4. The smallest absolute Gasteiger partial charge is 0.252 e. The van der Waals surface area contributed by atoms with Crippen LogP contribution < -0.4 is 26.2 Å². The number of hydrogen-bond acceptors (Lipinski definition) is 2. The topological polar surface area (TPSA) is 6.48 Å². The molecule has 3 heteroatoms. The SMILES string of the molecule is CC(C)(C)c1ccc2c(c1)N(C1CCCc3ccccc31)c1cc(C3CCc4ccccc4C3)cc3c1B2c1ccc(C(C)(C)C)cc1N3C1CCCc2ccccc21. The zero-order valence-electron chi connectivity index (χ0n) is 36.1. The fraction of sp³-hybridized carbons (Fsp3) is 0.357. The summed E-state index contributed by atoms with van der Waals surface area (Å²) in [5, 5.41) is 0. The van der Waals surface area contributed by atoms with E-state index in [9.17, 15) is 0 Å². The Bertz CT molecular complexity index is 2470. The molecule has 296 valence electrons. The first-order chi connectivity index (χ1) is 28.5. The number of nitrogens with zero attached hydrogens (tertiary/aromatic N) is 2. The van der Waals surface area contributed by atoms with Crippen molar-refractivity contribution in [3.63, 3.8) is 0 Å². The standard InChI is InChI=1S/C56H59BN2/c1-55(2,3)42-27-29-46-50(34-42)58(48-23-13-19-37-16-9-11-21-44(37)48)52-32-41(40-26-25-36-15-7-8-18-39(36)31-40)33-53-54(52)57(46)47-30-28-43(56(4,5)6)35-51(47)59(53)49-24-14-20-38-17-10-12-22-45(38)49/h7-12,15-18,21-22,27-30,32-35,40,48-49H,13-14,19-20,23-26,31H2,1-6H3. The third-order valence-corrected chi connectivity index (χ3v) is 15.0. The first-order valence-corrected chi connectivity index (χ1v) is 22.8. The third kappa shape index (κ3) is 6.04. The quantitative estimate of drug-likeness (QED) is 0.165. The molecule has 0 amide bonds. The van der Waals surface area contributed by atoms with Crippen LogP contribution in [-0.2, 0) is 36.5 Å². The Morgan fingerprint density at radius 2 is 0.949 bits per heavy atom. The summed E-state index contributed by atoms with van der Waals surface area (Å²) in [4.78, 5) is 5.75. The van der Waals surface area contributed by atoms with Gasteiger partial charge in [-0.3, -0.25) is 0 Å². The van der Waals surface area contributed by atoms with E-state index < -0.39 is 0 Å². The molecule has 3 atom stereocenters. The van der Waals surface area contributed by atoms with Crippen LogP contribution in [0, 0.1) is 0 Å². The summed E-state index contributed by atoms with van der Waals surface area (Å²) >= 11 is 0. The molecule has 0 saturated carbocycles. The Labute approximate surface area is 353 Å². The lowest BCUT2D eigenvalue weighted by Crippen LogP contribution is -2.63. The maximum Gasteiger partial charge on any atom is 0.252 e. The van der Waals surface area contributed by atoms with Crippen molar-refractivity contribution < 1.29 is 0 Å². The first kappa shape index (κ1) is 37.0. The second-order valence-electron chi connectivity index (χ2n) is 20.6. The summed E-state index contributed by atoms with van der Waals surface area (Å²) in [5.74, 6) is 0.468. The Balaban J connectivity index is 1.23. The van der Waals surface area contributed by atoms with E-state index in [1.807, 2.05) is 0 Å². The van der Waals surface area contributed by atoms with E-state index >= 15 is 0 Å². The lowest BCUT2D eigenvalue weighted by atomic mass is 9.33. The fourth-order valence-electron chi connectivity index (χ4n) is 11.9. The molecule has 3 unspecified atom stereocenters. The van der Waals surface area contributed by atoms with Crippen molar-refractivity contribution in [3.05, 3.63) is 171 Å². The normalized spacial score (nSPS) is 20.5. The molecule has 2 nitrogen and oxygen atoms in total. The largest absolute Gasteiger partial charge is 0.335 e. The van der Waals surface area contributed by atoms with E-state index in [-0.39, 0.29) is 29.6 Å². The van der Waals surface area contributed by atoms with Crippen molar-refractivity contribution in [3.8, 4) is 0 Å². The Morgan fingerprint density at radius 1 is 0.475 bits per heavy atom. The molecule has 6 aromatic rings. The summed E-state index contributed by atoms with van der Waals surface area (Å²) in [7, 11) is 0. The fourth-order valence-corrected chi connectivity index (χ4v) is 11.9. The van der Waals surface area contributed by atoms with Gasteiger partial charge >= 0.3 is 0 Å². The minimum absolute atomic E-state index is 0.0329. The van der Waals surface area contributed by atoms with Crippen molar-refractivity contribution in [2.75, 3.05) is 9.80 Å². The van der Waals surface area contributed by atoms with Gasteiger partial charge in [-0.25, -0.2) is 0 Å². The van der Waals surface area contributed by atoms with Crippen molar-refractivity contribution in [1.29, 1.82) is 0 Å². The molecule has 0 N–H and O–H groups in total. The van der Waals surface area contributed by atoms with Gasteiger partial charge in [-0.05, 0) is 165 Å². The highest BCUT2D eigenvalue weighted by atomic mass is 15.2. The van der Waals surface area contributed by atoms with Crippen LogP contribution >= 0.6 is 0 Å². The number of aryl methyl sites for hydroxylation is 3. The van der Waals surface area contributed by atoms with Crippen molar-refractivity contribution in [2.45, 2.75) is 128 Å². The van der Waals surface area contributed by atoms with Gasteiger partial charge in [0.05, 0.1) is 12.1 Å². The minimum Gasteiger partial charge on any atom is -0.335 e. The van der Waals surface area contributed by atoms with Crippen LogP contribution in [0.3, 0.4) is 0 Å². The van der Waals surface area contributed by atoms with Crippen LogP contribution in [0.25, 0.3) is 0 Å². The van der Waals surface area contributed by atoms with Crippen molar-refractivity contribution in [2.24, 2.45) is 0 Å². The molecular formula is C56H59BN2. The molecule has 2 heterocycles. The van der Waals surface area contributed by atoms with Gasteiger partial charge in [0.25, 0.3) is 6.71 Å². The molecule has 0 fully saturated rings. The maximum atomic E-state index is 2.87. The molecule has 2 aliphatic heterocycles. The Morgan fingerprint density at radius 3 is 1.46 bits per heavy atom.